The number of carbonyl (C=O) groups is 4. The highest BCUT2D eigenvalue weighted by Gasteiger charge is 2.60. The lowest BCUT2D eigenvalue weighted by molar-refractivity contribution is -0.168. The third kappa shape index (κ3) is 7.32. The average Bonchev–Trinajstić information content (AvgIpc) is 3.26. The van der Waals surface area contributed by atoms with E-state index in [4.69, 9.17) is 14.2 Å². The maximum atomic E-state index is 12.6. The van der Waals surface area contributed by atoms with Gasteiger partial charge in [-0.05, 0) is 131 Å². The summed E-state index contributed by atoms with van der Waals surface area (Å²) in [6.45, 7) is 12.1. The number of ether oxygens (including phenoxy) is 3. The number of carboxylic acids is 1. The Morgan fingerprint density at radius 3 is 2.19 bits per heavy atom. The minimum atomic E-state index is -0.685. The summed E-state index contributed by atoms with van der Waals surface area (Å²) in [6, 6.07) is 0. The summed E-state index contributed by atoms with van der Waals surface area (Å²) in [7, 11) is 0. The number of esters is 3. The molecule has 0 spiro atoms. The molecule has 42 heavy (non-hydrogen) atoms. The van der Waals surface area contributed by atoms with Crippen LogP contribution in [-0.4, -0.2) is 47.3 Å². The van der Waals surface area contributed by atoms with Crippen molar-refractivity contribution in [3.63, 3.8) is 0 Å². The normalized spacial score (nSPS) is 36.5. The molecule has 4 saturated carbocycles. The Kier molecular flexibility index (Phi) is 10.0. The Morgan fingerprint density at radius 1 is 0.833 bits per heavy atom. The van der Waals surface area contributed by atoms with Gasteiger partial charge in [0.25, 0.3) is 0 Å². The van der Waals surface area contributed by atoms with Gasteiger partial charge in [-0.3, -0.25) is 14.4 Å². The molecule has 4 aliphatic carbocycles. The molecule has 0 aromatic rings. The van der Waals surface area contributed by atoms with Gasteiger partial charge in [0.1, 0.15) is 11.7 Å². The van der Waals surface area contributed by atoms with Crippen molar-refractivity contribution in [3.05, 3.63) is 0 Å². The van der Waals surface area contributed by atoms with Crippen molar-refractivity contribution in [2.45, 2.75) is 137 Å². The maximum absolute atomic E-state index is 12.6. The number of fused-ring (bicyclic) bond motifs is 5. The van der Waals surface area contributed by atoms with Crippen LogP contribution in [0.3, 0.4) is 0 Å². The van der Waals surface area contributed by atoms with Gasteiger partial charge < -0.3 is 19.3 Å². The first-order valence-electron chi connectivity index (χ1n) is 16.4. The van der Waals surface area contributed by atoms with Crippen LogP contribution in [-0.2, 0) is 33.4 Å². The number of aliphatic carboxylic acids is 1. The summed E-state index contributed by atoms with van der Waals surface area (Å²) in [5.41, 5.74) is -0.0579. The SMILES string of the molecule is CC(CCC(=O)O)C1CCC2C3CCC4CC(OC(=O)CCC(=O)OCC(=O)OC(C)(C)C)CCC4(C)C3CCC12C. The molecule has 8 nitrogen and oxygen atoms in total. The summed E-state index contributed by atoms with van der Waals surface area (Å²) < 4.78 is 15.9. The Balaban J connectivity index is 1.25. The third-order valence-electron chi connectivity index (χ3n) is 11.8. The van der Waals surface area contributed by atoms with Crippen molar-refractivity contribution in [1.29, 1.82) is 0 Å². The third-order valence-corrected chi connectivity index (χ3v) is 11.8. The molecule has 0 radical (unpaired) electrons. The lowest BCUT2D eigenvalue weighted by atomic mass is 9.44. The highest BCUT2D eigenvalue weighted by atomic mass is 16.6. The van der Waals surface area contributed by atoms with Crippen molar-refractivity contribution >= 4 is 23.9 Å². The fraction of sp³-hybridized carbons (Fsp3) is 0.882. The zero-order chi connectivity index (χ0) is 30.9. The van der Waals surface area contributed by atoms with E-state index in [2.05, 4.69) is 20.8 Å². The van der Waals surface area contributed by atoms with E-state index in [0.717, 1.165) is 37.5 Å². The molecule has 0 saturated heterocycles. The summed E-state index contributed by atoms with van der Waals surface area (Å²) in [5.74, 6) is 1.52. The van der Waals surface area contributed by atoms with Crippen LogP contribution in [0.25, 0.3) is 0 Å². The summed E-state index contributed by atoms with van der Waals surface area (Å²) in [4.78, 5) is 47.6. The van der Waals surface area contributed by atoms with Crippen LogP contribution in [0.15, 0.2) is 0 Å². The first kappa shape index (κ1) is 32.8. The van der Waals surface area contributed by atoms with Crippen LogP contribution < -0.4 is 0 Å². The predicted molar refractivity (Wildman–Crippen MR) is 157 cm³/mol. The van der Waals surface area contributed by atoms with Gasteiger partial charge in [-0.1, -0.05) is 20.8 Å². The Hall–Kier alpha value is -2.12. The maximum Gasteiger partial charge on any atom is 0.344 e. The molecule has 4 aliphatic rings. The monoisotopic (exact) mass is 590 g/mol. The predicted octanol–water partition coefficient (Wildman–Crippen LogP) is 6.72. The van der Waals surface area contributed by atoms with Crippen LogP contribution >= 0.6 is 0 Å². The van der Waals surface area contributed by atoms with Gasteiger partial charge in [0, 0.05) is 6.42 Å². The second kappa shape index (κ2) is 12.9. The zero-order valence-electron chi connectivity index (χ0n) is 26.7. The molecule has 1 N–H and O–H groups in total. The molecule has 0 bridgehead atoms. The molecule has 9 unspecified atom stereocenters. The van der Waals surface area contributed by atoms with Crippen LogP contribution in [0.4, 0.5) is 0 Å². The van der Waals surface area contributed by atoms with E-state index in [1.807, 2.05) is 0 Å². The van der Waals surface area contributed by atoms with E-state index in [1.54, 1.807) is 20.8 Å². The van der Waals surface area contributed by atoms with Crippen LogP contribution in [0.5, 0.6) is 0 Å². The molecular formula is C34H54O8. The first-order valence-corrected chi connectivity index (χ1v) is 16.4. The number of rotatable bonds is 10. The molecule has 0 heterocycles. The highest BCUT2D eigenvalue weighted by molar-refractivity contribution is 5.80. The molecule has 0 aromatic carbocycles. The van der Waals surface area contributed by atoms with Crippen LogP contribution in [0.2, 0.25) is 0 Å². The molecule has 0 aliphatic heterocycles. The van der Waals surface area contributed by atoms with E-state index >= 15 is 0 Å². The summed E-state index contributed by atoms with van der Waals surface area (Å²) >= 11 is 0. The van der Waals surface area contributed by atoms with Crippen LogP contribution in [0.1, 0.15) is 125 Å². The molecule has 4 fully saturated rings. The Bertz CT molecular complexity index is 1020. The molecular weight excluding hydrogens is 536 g/mol. The van der Waals surface area contributed by atoms with Crippen molar-refractivity contribution in [3.8, 4) is 0 Å². The van der Waals surface area contributed by atoms with E-state index in [-0.39, 0.29) is 36.8 Å². The zero-order valence-corrected chi connectivity index (χ0v) is 26.7. The molecule has 9 atom stereocenters. The fourth-order valence-electron chi connectivity index (χ4n) is 9.88. The largest absolute Gasteiger partial charge is 0.481 e. The lowest BCUT2D eigenvalue weighted by Gasteiger charge is -2.61. The molecule has 238 valence electrons. The van der Waals surface area contributed by atoms with Gasteiger partial charge in [0.2, 0.25) is 0 Å². The first-order chi connectivity index (χ1) is 19.6. The van der Waals surface area contributed by atoms with Gasteiger partial charge in [-0.25, -0.2) is 4.79 Å². The van der Waals surface area contributed by atoms with E-state index in [1.165, 1.54) is 38.5 Å². The van der Waals surface area contributed by atoms with Crippen molar-refractivity contribution in [2.24, 2.45) is 46.3 Å². The van der Waals surface area contributed by atoms with Gasteiger partial charge in [-0.2, -0.15) is 0 Å². The van der Waals surface area contributed by atoms with Crippen LogP contribution in [0, 0.1) is 46.3 Å². The number of hydrogen-bond acceptors (Lipinski definition) is 7. The Labute approximate surface area is 252 Å². The summed E-state index contributed by atoms with van der Waals surface area (Å²) in [5, 5.41) is 9.21. The van der Waals surface area contributed by atoms with E-state index in [9.17, 15) is 24.3 Å². The average molecular weight is 591 g/mol. The topological polar surface area (TPSA) is 116 Å². The van der Waals surface area contributed by atoms with Crippen molar-refractivity contribution in [2.75, 3.05) is 6.61 Å². The van der Waals surface area contributed by atoms with Crippen molar-refractivity contribution in [1.82, 2.24) is 0 Å². The highest BCUT2D eigenvalue weighted by Crippen LogP contribution is 2.68. The second-order valence-corrected chi connectivity index (χ2v) is 15.4. The fourth-order valence-corrected chi connectivity index (χ4v) is 9.88. The number of carbonyl (C=O) groups excluding carboxylic acids is 3. The summed E-state index contributed by atoms with van der Waals surface area (Å²) in [6.07, 6.45) is 11.0. The van der Waals surface area contributed by atoms with Gasteiger partial charge in [0.05, 0.1) is 12.8 Å². The molecule has 4 rings (SSSR count). The number of hydrogen-bond donors (Lipinski definition) is 1. The standard InChI is InChI=1S/C34H54O8/c1-21(7-12-28(35)36)25-10-11-26-24-9-8-22-19-23(15-17-33(22,5)27(24)16-18-34(25,26)6)41-30(38)14-13-29(37)40-20-31(39)42-32(2,3)4/h21-27H,7-20H2,1-6H3,(H,35,36). The molecule has 8 heteroatoms. The van der Waals surface area contributed by atoms with Gasteiger partial charge >= 0.3 is 23.9 Å². The minimum absolute atomic E-state index is 0.0530. The van der Waals surface area contributed by atoms with Gasteiger partial charge in [-0.15, -0.1) is 0 Å². The van der Waals surface area contributed by atoms with Crippen molar-refractivity contribution < 1.29 is 38.5 Å². The van der Waals surface area contributed by atoms with E-state index < -0.39 is 30.1 Å². The smallest absolute Gasteiger partial charge is 0.344 e. The van der Waals surface area contributed by atoms with E-state index in [0.29, 0.717) is 29.1 Å². The number of carboxylic acid groups (broad SMARTS) is 1. The Morgan fingerprint density at radius 2 is 1.50 bits per heavy atom. The minimum Gasteiger partial charge on any atom is -0.481 e. The molecule has 0 amide bonds. The quantitative estimate of drug-likeness (QED) is 0.220. The van der Waals surface area contributed by atoms with Gasteiger partial charge in [0.15, 0.2) is 6.61 Å². The molecule has 0 aromatic heterocycles. The lowest BCUT2D eigenvalue weighted by Crippen LogP contribution is -2.54. The second-order valence-electron chi connectivity index (χ2n) is 15.4.